The number of carbonyl (C=O) groups excluding carboxylic acids is 1. The van der Waals surface area contributed by atoms with E-state index in [1.54, 1.807) is 43.1 Å². The second kappa shape index (κ2) is 7.25. The van der Waals surface area contributed by atoms with Crippen LogP contribution < -0.4 is 5.32 Å². The number of aromatic nitrogens is 3. The molecule has 0 radical (unpaired) electrons. The molecule has 0 spiro atoms. The van der Waals surface area contributed by atoms with Crippen molar-refractivity contribution >= 4 is 5.91 Å². The van der Waals surface area contributed by atoms with E-state index in [0.717, 1.165) is 22.3 Å². The molecule has 0 atom stereocenters. The Bertz CT molecular complexity index is 1060. The molecule has 4 aromatic rings. The van der Waals surface area contributed by atoms with Crippen molar-refractivity contribution in [3.63, 3.8) is 0 Å². The van der Waals surface area contributed by atoms with E-state index < -0.39 is 0 Å². The quantitative estimate of drug-likeness (QED) is 0.566. The zero-order valence-corrected chi connectivity index (χ0v) is 14.1. The Morgan fingerprint density at radius 3 is 2.70 bits per heavy atom. The second-order valence-electron chi connectivity index (χ2n) is 5.95. The summed E-state index contributed by atoms with van der Waals surface area (Å²) in [4.78, 5) is 16.6. The fraction of sp³-hybridized carbons (Fsp3) is 0.0500. The monoisotopic (exact) mass is 362 g/mol. The highest BCUT2D eigenvalue weighted by molar-refractivity contribution is 5.93. The maximum absolute atomic E-state index is 13.0. The lowest BCUT2D eigenvalue weighted by Gasteiger charge is -2.05. The predicted molar refractivity (Wildman–Crippen MR) is 97.1 cm³/mol. The van der Waals surface area contributed by atoms with Gasteiger partial charge in [-0.1, -0.05) is 0 Å². The van der Waals surface area contributed by atoms with Gasteiger partial charge in [0.05, 0.1) is 18.2 Å². The average molecular weight is 362 g/mol. The van der Waals surface area contributed by atoms with Gasteiger partial charge in [0.1, 0.15) is 11.5 Å². The molecule has 3 aromatic heterocycles. The highest BCUT2D eigenvalue weighted by Crippen LogP contribution is 2.20. The SMILES string of the molecule is O=C(NCc1cncc(-c2ccoc2)c1)c1cc(-c2ccc(F)cc2)n[nH]1. The van der Waals surface area contributed by atoms with Gasteiger partial charge in [-0.15, -0.1) is 0 Å². The van der Waals surface area contributed by atoms with Crippen molar-refractivity contribution in [2.45, 2.75) is 6.54 Å². The lowest BCUT2D eigenvalue weighted by molar-refractivity contribution is 0.0946. The Hall–Kier alpha value is -3.74. The Kier molecular flexibility index (Phi) is 4.49. The van der Waals surface area contributed by atoms with Crippen LogP contribution in [0.2, 0.25) is 0 Å². The molecular weight excluding hydrogens is 347 g/mol. The summed E-state index contributed by atoms with van der Waals surface area (Å²) >= 11 is 0. The van der Waals surface area contributed by atoms with Crippen molar-refractivity contribution in [3.05, 3.63) is 84.5 Å². The number of carbonyl (C=O) groups is 1. The minimum atomic E-state index is -0.321. The molecule has 4 rings (SSSR count). The average Bonchev–Trinajstić information content (AvgIpc) is 3.39. The zero-order chi connectivity index (χ0) is 18.6. The number of halogens is 1. The first-order valence-electron chi connectivity index (χ1n) is 8.25. The topological polar surface area (TPSA) is 83.8 Å². The molecule has 0 fully saturated rings. The van der Waals surface area contributed by atoms with Gasteiger partial charge < -0.3 is 9.73 Å². The number of nitrogens with zero attached hydrogens (tertiary/aromatic N) is 2. The van der Waals surface area contributed by atoms with Crippen LogP contribution in [0.1, 0.15) is 16.1 Å². The molecule has 0 saturated carbocycles. The molecule has 0 unspecified atom stereocenters. The molecule has 0 bridgehead atoms. The van der Waals surface area contributed by atoms with E-state index in [-0.39, 0.29) is 11.7 Å². The Morgan fingerprint density at radius 1 is 1.07 bits per heavy atom. The number of H-pyrrole nitrogens is 1. The predicted octanol–water partition coefficient (Wildman–Crippen LogP) is 3.80. The molecule has 3 heterocycles. The fourth-order valence-electron chi connectivity index (χ4n) is 2.65. The van der Waals surface area contributed by atoms with E-state index in [4.69, 9.17) is 4.42 Å². The third-order valence-corrected chi connectivity index (χ3v) is 4.06. The van der Waals surface area contributed by atoms with Crippen molar-refractivity contribution in [2.75, 3.05) is 0 Å². The molecular formula is C20H15FN4O2. The molecule has 7 heteroatoms. The Labute approximate surface area is 154 Å². The normalized spacial score (nSPS) is 10.7. The minimum absolute atomic E-state index is 0.287. The fourth-order valence-corrected chi connectivity index (χ4v) is 2.65. The van der Waals surface area contributed by atoms with Gasteiger partial charge in [-0.25, -0.2) is 4.39 Å². The number of furan rings is 1. The first kappa shape index (κ1) is 16.7. The molecule has 2 N–H and O–H groups in total. The van der Waals surface area contributed by atoms with Crippen LogP contribution in [0.25, 0.3) is 22.4 Å². The van der Waals surface area contributed by atoms with Crippen molar-refractivity contribution in [1.82, 2.24) is 20.5 Å². The Morgan fingerprint density at radius 2 is 1.93 bits per heavy atom. The maximum Gasteiger partial charge on any atom is 0.269 e. The van der Waals surface area contributed by atoms with Crippen LogP contribution in [-0.2, 0) is 6.54 Å². The van der Waals surface area contributed by atoms with E-state index >= 15 is 0 Å². The van der Waals surface area contributed by atoms with Crippen LogP contribution in [0, 0.1) is 5.82 Å². The van der Waals surface area contributed by atoms with Crippen LogP contribution in [0.5, 0.6) is 0 Å². The third-order valence-electron chi connectivity index (χ3n) is 4.06. The van der Waals surface area contributed by atoms with Crippen LogP contribution in [0.15, 0.2) is 71.8 Å². The number of nitrogens with one attached hydrogen (secondary N) is 2. The van der Waals surface area contributed by atoms with Crippen LogP contribution in [0.4, 0.5) is 4.39 Å². The largest absolute Gasteiger partial charge is 0.472 e. The molecule has 0 saturated heterocycles. The van der Waals surface area contributed by atoms with E-state index in [0.29, 0.717) is 17.9 Å². The first-order valence-corrected chi connectivity index (χ1v) is 8.25. The van der Waals surface area contributed by atoms with Crippen molar-refractivity contribution < 1.29 is 13.6 Å². The van der Waals surface area contributed by atoms with Gasteiger partial charge in [0.15, 0.2) is 0 Å². The van der Waals surface area contributed by atoms with Gasteiger partial charge in [0, 0.05) is 35.6 Å². The van der Waals surface area contributed by atoms with Gasteiger partial charge in [0.25, 0.3) is 5.91 Å². The number of amides is 1. The summed E-state index contributed by atoms with van der Waals surface area (Å²) in [6.07, 6.45) is 6.67. The van der Waals surface area contributed by atoms with Crippen LogP contribution >= 0.6 is 0 Å². The summed E-state index contributed by atoms with van der Waals surface area (Å²) in [5, 5.41) is 9.64. The number of rotatable bonds is 5. The van der Waals surface area contributed by atoms with Crippen molar-refractivity contribution in [2.24, 2.45) is 0 Å². The van der Waals surface area contributed by atoms with E-state index in [1.807, 2.05) is 12.1 Å². The zero-order valence-electron chi connectivity index (χ0n) is 14.1. The first-order chi connectivity index (χ1) is 13.2. The molecule has 0 aliphatic rings. The number of hydrogen-bond acceptors (Lipinski definition) is 4. The van der Waals surface area contributed by atoms with Crippen molar-refractivity contribution in [3.8, 4) is 22.4 Å². The summed E-state index contributed by atoms with van der Waals surface area (Å²) in [6.45, 7) is 0.322. The summed E-state index contributed by atoms with van der Waals surface area (Å²) in [7, 11) is 0. The van der Waals surface area contributed by atoms with Crippen LogP contribution in [0.3, 0.4) is 0 Å². The molecule has 1 amide bonds. The summed E-state index contributed by atoms with van der Waals surface area (Å²) in [5.41, 5.74) is 4.32. The van der Waals surface area contributed by atoms with Gasteiger partial charge in [-0.3, -0.25) is 14.9 Å². The van der Waals surface area contributed by atoms with Gasteiger partial charge in [-0.05, 0) is 48.0 Å². The highest BCUT2D eigenvalue weighted by atomic mass is 19.1. The van der Waals surface area contributed by atoms with Gasteiger partial charge in [-0.2, -0.15) is 5.10 Å². The molecule has 1 aromatic carbocycles. The number of hydrogen-bond donors (Lipinski definition) is 2. The smallest absolute Gasteiger partial charge is 0.269 e. The van der Waals surface area contributed by atoms with Crippen LogP contribution in [-0.4, -0.2) is 21.1 Å². The van der Waals surface area contributed by atoms with Crippen molar-refractivity contribution in [1.29, 1.82) is 0 Å². The minimum Gasteiger partial charge on any atom is -0.472 e. The third kappa shape index (κ3) is 3.77. The molecule has 6 nitrogen and oxygen atoms in total. The molecule has 0 aliphatic carbocycles. The summed E-state index contributed by atoms with van der Waals surface area (Å²) in [6, 6.07) is 11.3. The van der Waals surface area contributed by atoms with E-state index in [9.17, 15) is 9.18 Å². The number of aromatic amines is 1. The maximum atomic E-state index is 13.0. The Balaban J connectivity index is 1.43. The molecule has 0 aliphatic heterocycles. The summed E-state index contributed by atoms with van der Waals surface area (Å²) in [5.74, 6) is -0.608. The number of pyridine rings is 1. The van der Waals surface area contributed by atoms with Gasteiger partial charge >= 0.3 is 0 Å². The summed E-state index contributed by atoms with van der Waals surface area (Å²) < 4.78 is 18.1. The lowest BCUT2D eigenvalue weighted by atomic mass is 10.1. The van der Waals surface area contributed by atoms with E-state index in [2.05, 4.69) is 20.5 Å². The standard InChI is InChI=1S/C20H15FN4O2/c21-17-3-1-14(2-4-17)18-8-19(25-24-18)20(26)23-10-13-7-16(11-22-9-13)15-5-6-27-12-15/h1-9,11-12H,10H2,(H,23,26)(H,24,25). The van der Waals surface area contributed by atoms with E-state index in [1.165, 1.54) is 12.1 Å². The second-order valence-corrected chi connectivity index (χ2v) is 5.95. The highest BCUT2D eigenvalue weighted by Gasteiger charge is 2.11. The lowest BCUT2D eigenvalue weighted by Crippen LogP contribution is -2.23. The van der Waals surface area contributed by atoms with Gasteiger partial charge in [0.2, 0.25) is 0 Å². The molecule has 27 heavy (non-hydrogen) atoms. The number of benzene rings is 1. The molecule has 134 valence electrons.